The highest BCUT2D eigenvalue weighted by Gasteiger charge is 2.17. The van der Waals surface area contributed by atoms with Crippen molar-refractivity contribution in [3.63, 3.8) is 0 Å². The molecule has 1 atom stereocenters. The third-order valence-corrected chi connectivity index (χ3v) is 4.41. The fourth-order valence-electron chi connectivity index (χ4n) is 2.89. The van der Waals surface area contributed by atoms with E-state index in [4.69, 9.17) is 0 Å². The Labute approximate surface area is 155 Å². The average molecular weight is 344 g/mol. The van der Waals surface area contributed by atoms with Gasteiger partial charge in [-0.05, 0) is 30.2 Å². The van der Waals surface area contributed by atoms with E-state index >= 15 is 0 Å². The fourth-order valence-corrected chi connectivity index (χ4v) is 2.89. The average Bonchev–Trinajstić information content (AvgIpc) is 2.72. The molecule has 1 N–H and O–H groups in total. The summed E-state index contributed by atoms with van der Waals surface area (Å²) in [5.74, 6) is 0.0582. The van der Waals surface area contributed by atoms with Crippen LogP contribution in [0.1, 0.15) is 24.1 Å². The Morgan fingerprint density at radius 1 is 0.846 bits per heavy atom. The van der Waals surface area contributed by atoms with Crippen molar-refractivity contribution in [2.75, 3.05) is 11.4 Å². The Balaban J connectivity index is 1.70. The number of carbonyl (C=O) groups is 1. The van der Waals surface area contributed by atoms with Gasteiger partial charge in [-0.1, -0.05) is 78.9 Å². The second-order valence-electron chi connectivity index (χ2n) is 6.31. The van der Waals surface area contributed by atoms with Crippen LogP contribution in [-0.2, 0) is 11.3 Å². The van der Waals surface area contributed by atoms with Crippen molar-refractivity contribution in [2.24, 2.45) is 0 Å². The summed E-state index contributed by atoms with van der Waals surface area (Å²) in [5, 5.41) is 3.34. The van der Waals surface area contributed by atoms with Gasteiger partial charge in [0.1, 0.15) is 0 Å². The van der Waals surface area contributed by atoms with Gasteiger partial charge in [0.2, 0.25) is 5.91 Å². The van der Waals surface area contributed by atoms with Crippen LogP contribution < -0.4 is 10.2 Å². The molecule has 1 amide bonds. The predicted octanol–water partition coefficient (Wildman–Crippen LogP) is 4.57. The highest BCUT2D eigenvalue weighted by molar-refractivity contribution is 5.94. The maximum Gasteiger partial charge on any atom is 0.241 e. The Hall–Kier alpha value is -2.91. The molecule has 3 heteroatoms. The van der Waals surface area contributed by atoms with E-state index in [-0.39, 0.29) is 18.5 Å². The minimum atomic E-state index is 0.0582. The zero-order chi connectivity index (χ0) is 18.2. The molecule has 3 aromatic rings. The number of carbonyl (C=O) groups excluding carboxylic acids is 1. The summed E-state index contributed by atoms with van der Waals surface area (Å²) in [4.78, 5) is 14.8. The quantitative estimate of drug-likeness (QED) is 0.681. The van der Waals surface area contributed by atoms with E-state index in [1.807, 2.05) is 83.8 Å². The largest absolute Gasteiger partial charge is 0.307 e. The number of hydrogen-bond acceptors (Lipinski definition) is 2. The summed E-state index contributed by atoms with van der Waals surface area (Å²) in [6, 6.07) is 30.2. The maximum atomic E-state index is 12.9. The zero-order valence-corrected chi connectivity index (χ0v) is 15.0. The van der Waals surface area contributed by atoms with Crippen LogP contribution in [0.3, 0.4) is 0 Å². The minimum absolute atomic E-state index is 0.0582. The van der Waals surface area contributed by atoms with Gasteiger partial charge in [0.15, 0.2) is 0 Å². The van der Waals surface area contributed by atoms with Gasteiger partial charge >= 0.3 is 0 Å². The summed E-state index contributed by atoms with van der Waals surface area (Å²) in [7, 11) is 0. The molecule has 132 valence electrons. The number of para-hydroxylation sites is 1. The molecule has 3 aromatic carbocycles. The molecule has 1 unspecified atom stereocenters. The van der Waals surface area contributed by atoms with Gasteiger partial charge in [-0.15, -0.1) is 0 Å². The number of benzene rings is 3. The van der Waals surface area contributed by atoms with Gasteiger partial charge in [0, 0.05) is 11.7 Å². The van der Waals surface area contributed by atoms with Crippen molar-refractivity contribution in [2.45, 2.75) is 19.5 Å². The van der Waals surface area contributed by atoms with Gasteiger partial charge in [-0.3, -0.25) is 4.79 Å². The molecule has 26 heavy (non-hydrogen) atoms. The van der Waals surface area contributed by atoms with Crippen LogP contribution in [0, 0.1) is 0 Å². The van der Waals surface area contributed by atoms with Crippen molar-refractivity contribution >= 4 is 11.6 Å². The third kappa shape index (κ3) is 4.80. The summed E-state index contributed by atoms with van der Waals surface area (Å²) in [6.07, 6.45) is 0. The third-order valence-electron chi connectivity index (χ3n) is 4.41. The highest BCUT2D eigenvalue weighted by Crippen LogP contribution is 2.18. The molecule has 0 spiro atoms. The molecule has 0 saturated carbocycles. The summed E-state index contributed by atoms with van der Waals surface area (Å²) >= 11 is 0. The predicted molar refractivity (Wildman–Crippen MR) is 107 cm³/mol. The lowest BCUT2D eigenvalue weighted by Crippen LogP contribution is -2.38. The van der Waals surface area contributed by atoms with Crippen molar-refractivity contribution < 1.29 is 4.79 Å². The molecule has 0 heterocycles. The van der Waals surface area contributed by atoms with Gasteiger partial charge in [0.25, 0.3) is 0 Å². The fraction of sp³-hybridized carbons (Fsp3) is 0.174. The first kappa shape index (κ1) is 17.9. The lowest BCUT2D eigenvalue weighted by Gasteiger charge is -2.24. The van der Waals surface area contributed by atoms with E-state index in [2.05, 4.69) is 24.4 Å². The van der Waals surface area contributed by atoms with Gasteiger partial charge < -0.3 is 10.2 Å². The normalized spacial score (nSPS) is 11.7. The Morgan fingerprint density at radius 2 is 1.38 bits per heavy atom. The smallest absolute Gasteiger partial charge is 0.241 e. The Bertz CT molecular complexity index is 803. The topological polar surface area (TPSA) is 32.3 Å². The monoisotopic (exact) mass is 344 g/mol. The van der Waals surface area contributed by atoms with Gasteiger partial charge in [-0.25, -0.2) is 0 Å². The summed E-state index contributed by atoms with van der Waals surface area (Å²) in [6.45, 7) is 2.93. The molecule has 3 rings (SSSR count). The second-order valence-corrected chi connectivity index (χ2v) is 6.31. The molecule has 0 bridgehead atoms. The zero-order valence-electron chi connectivity index (χ0n) is 15.0. The van der Waals surface area contributed by atoms with E-state index < -0.39 is 0 Å². The number of nitrogens with zero attached hydrogens (tertiary/aromatic N) is 1. The molecule has 0 saturated heterocycles. The lowest BCUT2D eigenvalue weighted by molar-refractivity contribution is -0.118. The number of hydrogen-bond donors (Lipinski definition) is 1. The van der Waals surface area contributed by atoms with Crippen molar-refractivity contribution in [1.82, 2.24) is 5.32 Å². The number of rotatable bonds is 7. The second kappa shape index (κ2) is 8.97. The van der Waals surface area contributed by atoms with E-state index in [1.54, 1.807) is 0 Å². The first-order chi connectivity index (χ1) is 12.7. The van der Waals surface area contributed by atoms with Crippen LogP contribution in [0.2, 0.25) is 0 Å². The lowest BCUT2D eigenvalue weighted by atomic mass is 10.1. The molecule has 3 nitrogen and oxygen atoms in total. The van der Waals surface area contributed by atoms with E-state index in [9.17, 15) is 4.79 Å². The SMILES string of the molecule is CC(NCC(=O)N(Cc1ccccc1)c1ccccc1)c1ccccc1. The van der Waals surface area contributed by atoms with Gasteiger partial charge in [-0.2, -0.15) is 0 Å². The van der Waals surface area contributed by atoms with Crippen LogP contribution in [-0.4, -0.2) is 12.5 Å². The standard InChI is InChI=1S/C23H24N2O/c1-19(21-13-7-3-8-14-21)24-17-23(26)25(22-15-9-4-10-16-22)18-20-11-5-2-6-12-20/h2-16,19,24H,17-18H2,1H3. The first-order valence-electron chi connectivity index (χ1n) is 8.91. The molecule has 0 aliphatic heterocycles. The van der Waals surface area contributed by atoms with Crippen molar-refractivity contribution in [3.05, 3.63) is 102 Å². The molecular formula is C23H24N2O. The molecule has 0 aliphatic carbocycles. The number of anilines is 1. The van der Waals surface area contributed by atoms with Crippen LogP contribution in [0.5, 0.6) is 0 Å². The van der Waals surface area contributed by atoms with E-state index in [0.717, 1.165) is 11.3 Å². The van der Waals surface area contributed by atoms with Crippen LogP contribution in [0.25, 0.3) is 0 Å². The maximum absolute atomic E-state index is 12.9. The first-order valence-corrected chi connectivity index (χ1v) is 8.91. The number of amides is 1. The van der Waals surface area contributed by atoms with Crippen LogP contribution in [0.4, 0.5) is 5.69 Å². The van der Waals surface area contributed by atoms with E-state index in [0.29, 0.717) is 6.54 Å². The molecule has 0 radical (unpaired) electrons. The van der Waals surface area contributed by atoms with Crippen molar-refractivity contribution in [1.29, 1.82) is 0 Å². The highest BCUT2D eigenvalue weighted by atomic mass is 16.2. The molecular weight excluding hydrogens is 320 g/mol. The molecule has 0 aliphatic rings. The Morgan fingerprint density at radius 3 is 2.00 bits per heavy atom. The van der Waals surface area contributed by atoms with E-state index in [1.165, 1.54) is 5.56 Å². The summed E-state index contributed by atoms with van der Waals surface area (Å²) in [5.41, 5.74) is 3.20. The molecule has 0 aromatic heterocycles. The van der Waals surface area contributed by atoms with Crippen molar-refractivity contribution in [3.8, 4) is 0 Å². The van der Waals surface area contributed by atoms with Gasteiger partial charge in [0.05, 0.1) is 13.1 Å². The van der Waals surface area contributed by atoms with Crippen LogP contribution in [0.15, 0.2) is 91.0 Å². The Kier molecular flexibility index (Phi) is 6.18. The summed E-state index contributed by atoms with van der Waals surface area (Å²) < 4.78 is 0. The number of nitrogens with one attached hydrogen (secondary N) is 1. The molecule has 0 fully saturated rings. The minimum Gasteiger partial charge on any atom is -0.307 e. The van der Waals surface area contributed by atoms with Crippen LogP contribution >= 0.6 is 0 Å².